The van der Waals surface area contributed by atoms with Crippen LogP contribution in [-0.4, -0.2) is 24.1 Å². The Kier molecular flexibility index (Phi) is 6.26. The zero-order valence-electron chi connectivity index (χ0n) is 13.5. The highest BCUT2D eigenvalue weighted by Crippen LogP contribution is 2.48. The van der Waals surface area contributed by atoms with Gasteiger partial charge in [-0.3, -0.25) is 0 Å². The number of carbonyl (C=O) groups is 1. The first kappa shape index (κ1) is 17.7. The maximum Gasteiger partial charge on any atom is 0.344 e. The Morgan fingerprint density at radius 3 is 2.64 bits per heavy atom. The largest absolute Gasteiger partial charge is 0.482 e. The van der Waals surface area contributed by atoms with Gasteiger partial charge in [0.2, 0.25) is 0 Å². The SMILES string of the molecule is N#Cc1ccccc1COC(=O)COc1ccccc1C1SCCS1. The zero-order valence-corrected chi connectivity index (χ0v) is 15.1. The van der Waals surface area contributed by atoms with Crippen molar-refractivity contribution >= 4 is 29.5 Å². The lowest BCUT2D eigenvalue weighted by Gasteiger charge is -2.14. The summed E-state index contributed by atoms with van der Waals surface area (Å²) in [5.41, 5.74) is 2.31. The summed E-state index contributed by atoms with van der Waals surface area (Å²) in [6, 6.07) is 17.0. The Balaban J connectivity index is 1.55. The van der Waals surface area contributed by atoms with Gasteiger partial charge in [-0.05, 0) is 12.1 Å². The highest BCUT2D eigenvalue weighted by molar-refractivity contribution is 8.19. The second-order valence-corrected chi connectivity index (χ2v) is 8.05. The van der Waals surface area contributed by atoms with E-state index in [1.54, 1.807) is 18.2 Å². The molecule has 0 saturated carbocycles. The van der Waals surface area contributed by atoms with Crippen molar-refractivity contribution in [3.63, 3.8) is 0 Å². The van der Waals surface area contributed by atoms with Crippen LogP contribution in [0.25, 0.3) is 0 Å². The van der Waals surface area contributed by atoms with E-state index >= 15 is 0 Å². The smallest absolute Gasteiger partial charge is 0.344 e. The van der Waals surface area contributed by atoms with Crippen LogP contribution in [0.4, 0.5) is 0 Å². The van der Waals surface area contributed by atoms with Crippen molar-refractivity contribution < 1.29 is 14.3 Å². The lowest BCUT2D eigenvalue weighted by molar-refractivity contribution is -0.147. The van der Waals surface area contributed by atoms with Gasteiger partial charge < -0.3 is 9.47 Å². The fourth-order valence-corrected chi connectivity index (χ4v) is 5.35. The Bertz CT molecular complexity index is 782. The predicted molar refractivity (Wildman–Crippen MR) is 101 cm³/mol. The van der Waals surface area contributed by atoms with Crippen LogP contribution in [-0.2, 0) is 16.1 Å². The molecule has 1 saturated heterocycles. The first-order valence-corrected chi connectivity index (χ1v) is 9.96. The van der Waals surface area contributed by atoms with Gasteiger partial charge in [-0.1, -0.05) is 36.4 Å². The summed E-state index contributed by atoms with van der Waals surface area (Å²) in [6.07, 6.45) is 0. The van der Waals surface area contributed by atoms with Crippen LogP contribution >= 0.6 is 23.5 Å². The second kappa shape index (κ2) is 8.84. The fourth-order valence-electron chi connectivity index (χ4n) is 2.44. The van der Waals surface area contributed by atoms with Crippen molar-refractivity contribution in [3.05, 3.63) is 65.2 Å². The molecule has 0 aliphatic carbocycles. The van der Waals surface area contributed by atoms with E-state index in [4.69, 9.17) is 14.7 Å². The second-order valence-electron chi connectivity index (χ2n) is 5.33. The summed E-state index contributed by atoms with van der Waals surface area (Å²) >= 11 is 3.78. The Morgan fingerprint density at radius 2 is 1.84 bits per heavy atom. The standard InChI is InChI=1S/C19H17NO3S2/c20-11-14-5-1-2-6-15(14)12-23-18(21)13-22-17-8-4-3-7-16(17)19-24-9-10-25-19/h1-8,19H,9-10,12-13H2. The third-order valence-electron chi connectivity index (χ3n) is 3.67. The molecule has 1 aliphatic rings. The summed E-state index contributed by atoms with van der Waals surface area (Å²) in [4.78, 5) is 12.0. The maximum atomic E-state index is 12.0. The van der Waals surface area contributed by atoms with E-state index in [1.807, 2.05) is 53.9 Å². The molecule has 0 spiro atoms. The molecule has 0 radical (unpaired) electrons. The van der Waals surface area contributed by atoms with Crippen LogP contribution in [0.5, 0.6) is 5.75 Å². The topological polar surface area (TPSA) is 59.3 Å². The molecule has 1 heterocycles. The van der Waals surface area contributed by atoms with Crippen molar-refractivity contribution in [2.24, 2.45) is 0 Å². The van der Waals surface area contributed by atoms with E-state index in [1.165, 1.54) is 0 Å². The predicted octanol–water partition coefficient (Wildman–Crippen LogP) is 4.16. The Morgan fingerprint density at radius 1 is 1.12 bits per heavy atom. The molecule has 0 unspecified atom stereocenters. The van der Waals surface area contributed by atoms with Gasteiger partial charge in [0.15, 0.2) is 6.61 Å². The third kappa shape index (κ3) is 4.71. The van der Waals surface area contributed by atoms with Crippen molar-refractivity contribution in [2.75, 3.05) is 18.1 Å². The monoisotopic (exact) mass is 371 g/mol. The van der Waals surface area contributed by atoms with Crippen molar-refractivity contribution in [3.8, 4) is 11.8 Å². The summed E-state index contributed by atoms with van der Waals surface area (Å²) < 4.78 is 11.3. The highest BCUT2D eigenvalue weighted by atomic mass is 32.2. The van der Waals surface area contributed by atoms with Crippen LogP contribution < -0.4 is 4.74 Å². The normalized spacial score (nSPS) is 14.0. The maximum absolute atomic E-state index is 12.0. The minimum absolute atomic E-state index is 0.0713. The number of rotatable bonds is 6. The lowest BCUT2D eigenvalue weighted by Crippen LogP contribution is -2.15. The molecule has 2 aromatic rings. The van der Waals surface area contributed by atoms with Gasteiger partial charge in [-0.15, -0.1) is 23.5 Å². The van der Waals surface area contributed by atoms with E-state index in [-0.39, 0.29) is 13.2 Å². The van der Waals surface area contributed by atoms with Gasteiger partial charge in [-0.2, -0.15) is 5.26 Å². The number of benzene rings is 2. The molecular weight excluding hydrogens is 354 g/mol. The molecule has 3 rings (SSSR count). The lowest BCUT2D eigenvalue weighted by atomic mass is 10.1. The fraction of sp³-hybridized carbons (Fsp3) is 0.263. The molecule has 6 heteroatoms. The summed E-state index contributed by atoms with van der Waals surface area (Å²) in [5, 5.41) is 9.05. The minimum atomic E-state index is -0.450. The summed E-state index contributed by atoms with van der Waals surface area (Å²) in [7, 11) is 0. The Labute approximate surface area is 155 Å². The van der Waals surface area contributed by atoms with Crippen LogP contribution in [0, 0.1) is 11.3 Å². The molecule has 0 bridgehead atoms. The number of thioether (sulfide) groups is 2. The van der Waals surface area contributed by atoms with Gasteiger partial charge in [0.1, 0.15) is 12.4 Å². The molecular formula is C19H17NO3S2. The van der Waals surface area contributed by atoms with Crippen LogP contribution in [0.1, 0.15) is 21.3 Å². The van der Waals surface area contributed by atoms with Gasteiger partial charge in [-0.25, -0.2) is 4.79 Å². The zero-order chi connectivity index (χ0) is 17.5. The molecule has 0 atom stereocenters. The average Bonchev–Trinajstić information content (AvgIpc) is 3.19. The summed E-state index contributed by atoms with van der Waals surface area (Å²) in [6.45, 7) is -0.0737. The Hall–Kier alpha value is -2.10. The van der Waals surface area contributed by atoms with Gasteiger partial charge in [0.05, 0.1) is 16.2 Å². The molecule has 128 valence electrons. The number of carbonyl (C=O) groups excluding carboxylic acids is 1. The number of nitrogens with zero attached hydrogens (tertiary/aromatic N) is 1. The number of hydrogen-bond donors (Lipinski definition) is 0. The van der Waals surface area contributed by atoms with E-state index in [0.29, 0.717) is 15.7 Å². The molecule has 0 amide bonds. The molecule has 4 nitrogen and oxygen atoms in total. The molecule has 25 heavy (non-hydrogen) atoms. The van der Waals surface area contributed by atoms with Gasteiger partial charge in [0.25, 0.3) is 0 Å². The first-order valence-electron chi connectivity index (χ1n) is 7.86. The molecule has 1 fully saturated rings. The molecule has 1 aliphatic heterocycles. The van der Waals surface area contributed by atoms with E-state index in [9.17, 15) is 4.79 Å². The molecule has 0 aromatic heterocycles. The number of para-hydroxylation sites is 1. The van der Waals surface area contributed by atoms with Crippen LogP contribution in [0.3, 0.4) is 0 Å². The van der Waals surface area contributed by atoms with Gasteiger partial charge in [0, 0.05) is 22.6 Å². The average molecular weight is 371 g/mol. The summed E-state index contributed by atoms with van der Waals surface area (Å²) in [5.74, 6) is 2.53. The van der Waals surface area contributed by atoms with Crippen molar-refractivity contribution in [1.82, 2.24) is 0 Å². The molecule has 0 N–H and O–H groups in total. The third-order valence-corrected chi connectivity index (χ3v) is 6.73. The van der Waals surface area contributed by atoms with E-state index < -0.39 is 5.97 Å². The van der Waals surface area contributed by atoms with Crippen molar-refractivity contribution in [2.45, 2.75) is 11.2 Å². The highest BCUT2D eigenvalue weighted by Gasteiger charge is 2.22. The van der Waals surface area contributed by atoms with E-state index in [2.05, 4.69) is 6.07 Å². The number of esters is 1. The van der Waals surface area contributed by atoms with Crippen LogP contribution in [0.15, 0.2) is 48.5 Å². The van der Waals surface area contributed by atoms with Crippen LogP contribution in [0.2, 0.25) is 0 Å². The first-order chi connectivity index (χ1) is 12.3. The number of nitriles is 1. The van der Waals surface area contributed by atoms with E-state index in [0.717, 1.165) is 22.8 Å². The van der Waals surface area contributed by atoms with Gasteiger partial charge >= 0.3 is 5.97 Å². The minimum Gasteiger partial charge on any atom is -0.482 e. The van der Waals surface area contributed by atoms with Crippen molar-refractivity contribution in [1.29, 1.82) is 5.26 Å². The quantitative estimate of drug-likeness (QED) is 0.711. The number of ether oxygens (including phenoxy) is 2. The molecule has 2 aromatic carbocycles. The number of hydrogen-bond acceptors (Lipinski definition) is 6.